The van der Waals surface area contributed by atoms with Crippen LogP contribution in [0.4, 0.5) is 10.5 Å². The van der Waals surface area contributed by atoms with Crippen molar-refractivity contribution in [3.63, 3.8) is 0 Å². The molecule has 154 valence electrons. The van der Waals surface area contributed by atoms with Crippen molar-refractivity contribution in [3.8, 4) is 16.2 Å². The topological polar surface area (TPSA) is 63.6 Å². The summed E-state index contributed by atoms with van der Waals surface area (Å²) in [6, 6.07) is 15.0. The zero-order valence-electron chi connectivity index (χ0n) is 16.7. The molecule has 1 saturated heterocycles. The molecule has 4 heterocycles. The van der Waals surface area contributed by atoms with Gasteiger partial charge in [-0.3, -0.25) is 4.79 Å². The first-order valence-electron chi connectivity index (χ1n) is 10.1. The molecule has 0 radical (unpaired) electrons. The molecule has 7 heteroatoms. The summed E-state index contributed by atoms with van der Waals surface area (Å²) in [5, 5.41) is 5.05. The van der Waals surface area contributed by atoms with Crippen LogP contribution in [0.2, 0.25) is 0 Å². The first-order chi connectivity index (χ1) is 14.6. The van der Waals surface area contributed by atoms with Crippen LogP contribution in [0, 0.1) is 5.92 Å². The Bertz CT molecular complexity index is 1140. The third kappa shape index (κ3) is 3.29. The fourth-order valence-corrected chi connectivity index (χ4v) is 5.52. The van der Waals surface area contributed by atoms with Gasteiger partial charge in [-0.05, 0) is 42.0 Å². The van der Waals surface area contributed by atoms with E-state index in [1.165, 1.54) is 0 Å². The van der Waals surface area contributed by atoms with Crippen LogP contribution in [0.1, 0.15) is 18.0 Å². The first kappa shape index (κ1) is 18.9. The lowest BCUT2D eigenvalue weighted by Crippen LogP contribution is -2.50. The number of carbonyl (C=O) groups excluding carboxylic acids is 1. The number of anilines is 1. The van der Waals surface area contributed by atoms with Crippen molar-refractivity contribution in [3.05, 3.63) is 70.0 Å². The standard InChI is InChI=1S/C23H23N3O3S/c1-29-19-6-3-2-5-18(19)24-23(28)25-12-15-11-16(14-25)22-17(20-7-4-10-30-20)8-9-21(27)26(22)13-15/h2-10,15-16H,11-14H2,1H3,(H,24,28)/t15-,16-/m1/s1. The summed E-state index contributed by atoms with van der Waals surface area (Å²) in [6.07, 6.45) is 1.00. The van der Waals surface area contributed by atoms with E-state index in [-0.39, 0.29) is 23.4 Å². The van der Waals surface area contributed by atoms with Crippen LogP contribution >= 0.6 is 11.3 Å². The Morgan fingerprint density at radius 2 is 1.97 bits per heavy atom. The molecule has 2 aliphatic rings. The number of piperidine rings is 1. The lowest BCUT2D eigenvalue weighted by molar-refractivity contribution is 0.140. The molecule has 5 rings (SSSR count). The molecule has 30 heavy (non-hydrogen) atoms. The van der Waals surface area contributed by atoms with E-state index in [0.29, 0.717) is 31.1 Å². The highest BCUT2D eigenvalue weighted by Gasteiger charge is 2.38. The van der Waals surface area contributed by atoms with E-state index in [1.807, 2.05) is 45.9 Å². The molecule has 0 saturated carbocycles. The number of nitrogens with one attached hydrogen (secondary N) is 1. The Morgan fingerprint density at radius 1 is 1.10 bits per heavy atom. The number of amides is 2. The average Bonchev–Trinajstić information content (AvgIpc) is 3.29. The Balaban J connectivity index is 1.45. The van der Waals surface area contributed by atoms with E-state index in [4.69, 9.17) is 4.74 Å². The van der Waals surface area contributed by atoms with Gasteiger partial charge in [-0.1, -0.05) is 18.2 Å². The number of likely N-dealkylation sites (tertiary alicyclic amines) is 1. The fraction of sp³-hybridized carbons (Fsp3) is 0.304. The van der Waals surface area contributed by atoms with Crippen LogP contribution in [0.25, 0.3) is 10.4 Å². The van der Waals surface area contributed by atoms with E-state index in [9.17, 15) is 9.59 Å². The summed E-state index contributed by atoms with van der Waals surface area (Å²) in [6.45, 7) is 1.90. The Kier molecular flexibility index (Phi) is 4.83. The van der Waals surface area contributed by atoms with Crippen LogP contribution in [-0.2, 0) is 6.54 Å². The first-order valence-corrected chi connectivity index (χ1v) is 11.0. The Hall–Kier alpha value is -3.06. The van der Waals surface area contributed by atoms with Crippen LogP contribution in [-0.4, -0.2) is 35.7 Å². The largest absolute Gasteiger partial charge is 0.495 e. The number of rotatable bonds is 3. The van der Waals surface area contributed by atoms with Crippen molar-refractivity contribution in [2.45, 2.75) is 18.9 Å². The summed E-state index contributed by atoms with van der Waals surface area (Å²) in [5.74, 6) is 1.06. The van der Waals surface area contributed by atoms with Gasteiger partial charge in [0.15, 0.2) is 0 Å². The maximum atomic E-state index is 13.1. The SMILES string of the molecule is COc1ccccc1NC(=O)N1C[C@H]2C[C@H](C1)c1c(-c3cccs3)ccc(=O)n1C2. The van der Waals surface area contributed by atoms with Crippen molar-refractivity contribution in [1.82, 2.24) is 9.47 Å². The minimum absolute atomic E-state index is 0.0481. The molecule has 2 bridgehead atoms. The number of nitrogens with zero attached hydrogens (tertiary/aromatic N) is 2. The number of methoxy groups -OCH3 is 1. The van der Waals surface area contributed by atoms with Crippen molar-refractivity contribution < 1.29 is 9.53 Å². The minimum Gasteiger partial charge on any atom is -0.495 e. The number of fused-ring (bicyclic) bond motifs is 4. The third-order valence-electron chi connectivity index (χ3n) is 6.01. The van der Waals surface area contributed by atoms with Crippen LogP contribution in [0.15, 0.2) is 58.7 Å². The Labute approximate surface area is 178 Å². The van der Waals surface area contributed by atoms with E-state index >= 15 is 0 Å². The van der Waals surface area contributed by atoms with E-state index < -0.39 is 0 Å². The van der Waals surface area contributed by atoms with Gasteiger partial charge in [0.25, 0.3) is 5.56 Å². The second-order valence-electron chi connectivity index (χ2n) is 7.89. The lowest BCUT2D eigenvalue weighted by Gasteiger charge is -2.43. The number of thiophene rings is 1. The van der Waals surface area contributed by atoms with Gasteiger partial charge >= 0.3 is 6.03 Å². The van der Waals surface area contributed by atoms with Gasteiger partial charge in [0.05, 0.1) is 12.8 Å². The maximum absolute atomic E-state index is 13.1. The molecule has 0 spiro atoms. The van der Waals surface area contributed by atoms with Crippen LogP contribution in [0.5, 0.6) is 5.75 Å². The second kappa shape index (κ2) is 7.65. The Morgan fingerprint density at radius 3 is 2.77 bits per heavy atom. The average molecular weight is 422 g/mol. The predicted molar refractivity (Wildman–Crippen MR) is 118 cm³/mol. The van der Waals surface area contributed by atoms with Gasteiger partial charge in [0, 0.05) is 47.8 Å². The maximum Gasteiger partial charge on any atom is 0.321 e. The number of hydrogen-bond acceptors (Lipinski definition) is 4. The molecule has 2 amide bonds. The summed E-state index contributed by atoms with van der Waals surface area (Å²) in [5.41, 5.74) is 2.89. The molecule has 1 N–H and O–H groups in total. The normalized spacial score (nSPS) is 19.8. The van der Waals surface area contributed by atoms with E-state index in [1.54, 1.807) is 24.5 Å². The van der Waals surface area contributed by atoms with Crippen molar-refractivity contribution in [1.29, 1.82) is 0 Å². The molecule has 0 aliphatic carbocycles. The number of pyridine rings is 1. The van der Waals surface area contributed by atoms with Crippen molar-refractivity contribution >= 4 is 23.1 Å². The summed E-state index contributed by atoms with van der Waals surface area (Å²) in [4.78, 5) is 28.7. The molecule has 1 aromatic carbocycles. The molecule has 2 aliphatic heterocycles. The number of hydrogen-bond donors (Lipinski definition) is 1. The van der Waals surface area contributed by atoms with Gasteiger partial charge in [-0.15, -0.1) is 11.3 Å². The van der Waals surface area contributed by atoms with Gasteiger partial charge in [0.1, 0.15) is 5.75 Å². The number of carbonyl (C=O) groups is 1. The quantitative estimate of drug-likeness (QED) is 0.688. The molecule has 3 aromatic rings. The fourth-order valence-electron chi connectivity index (χ4n) is 4.76. The van der Waals surface area contributed by atoms with Gasteiger partial charge in [-0.2, -0.15) is 0 Å². The van der Waals surface area contributed by atoms with Gasteiger partial charge in [-0.25, -0.2) is 4.79 Å². The zero-order chi connectivity index (χ0) is 20.7. The van der Waals surface area contributed by atoms with Crippen LogP contribution < -0.4 is 15.6 Å². The van der Waals surface area contributed by atoms with Gasteiger partial charge < -0.3 is 19.5 Å². The zero-order valence-corrected chi connectivity index (χ0v) is 17.5. The number of aromatic nitrogens is 1. The summed E-state index contributed by atoms with van der Waals surface area (Å²) < 4.78 is 7.29. The molecular formula is C23H23N3O3S. The molecule has 6 nitrogen and oxygen atoms in total. The summed E-state index contributed by atoms with van der Waals surface area (Å²) in [7, 11) is 1.59. The monoisotopic (exact) mass is 421 g/mol. The van der Waals surface area contributed by atoms with Crippen LogP contribution in [0.3, 0.4) is 0 Å². The smallest absolute Gasteiger partial charge is 0.321 e. The highest BCUT2D eigenvalue weighted by atomic mass is 32.1. The lowest BCUT2D eigenvalue weighted by atomic mass is 9.81. The van der Waals surface area contributed by atoms with Crippen molar-refractivity contribution in [2.75, 3.05) is 25.5 Å². The number of ether oxygens (including phenoxy) is 1. The molecule has 1 fully saturated rings. The van der Waals surface area contributed by atoms with Gasteiger partial charge in [0.2, 0.25) is 0 Å². The van der Waals surface area contributed by atoms with E-state index in [0.717, 1.165) is 22.6 Å². The molecule has 2 aromatic heterocycles. The van der Waals surface area contributed by atoms with E-state index in [2.05, 4.69) is 16.8 Å². The number of urea groups is 1. The highest BCUT2D eigenvalue weighted by molar-refractivity contribution is 7.13. The number of benzene rings is 1. The predicted octanol–water partition coefficient (Wildman–Crippen LogP) is 4.24. The molecule has 0 unspecified atom stereocenters. The summed E-state index contributed by atoms with van der Waals surface area (Å²) >= 11 is 1.68. The number of para-hydroxylation sites is 2. The highest BCUT2D eigenvalue weighted by Crippen LogP contribution is 2.41. The molecular weight excluding hydrogens is 398 g/mol. The second-order valence-corrected chi connectivity index (χ2v) is 8.84. The van der Waals surface area contributed by atoms with Crippen molar-refractivity contribution in [2.24, 2.45) is 5.92 Å². The minimum atomic E-state index is -0.126. The molecule has 2 atom stereocenters. The third-order valence-corrected chi connectivity index (χ3v) is 6.92.